The van der Waals surface area contributed by atoms with E-state index in [1.54, 1.807) is 0 Å². The zero-order chi connectivity index (χ0) is 25.8. The van der Waals surface area contributed by atoms with Crippen molar-refractivity contribution in [2.45, 2.75) is 110 Å². The van der Waals surface area contributed by atoms with Crippen molar-refractivity contribution in [2.75, 3.05) is 6.54 Å². The Morgan fingerprint density at radius 2 is 0.889 bits per heavy atom. The molecule has 196 valence electrons. The van der Waals surface area contributed by atoms with Gasteiger partial charge in [0.1, 0.15) is 6.01 Å². The second-order valence-corrected chi connectivity index (χ2v) is 9.29. The summed E-state index contributed by atoms with van der Waals surface area (Å²) in [5.74, 6) is 0. The van der Waals surface area contributed by atoms with Gasteiger partial charge in [0.25, 0.3) is 0 Å². The lowest BCUT2D eigenvalue weighted by atomic mass is 10.0. The van der Waals surface area contributed by atoms with E-state index in [-0.39, 0.29) is 0 Å². The molecule has 0 spiro atoms. The van der Waals surface area contributed by atoms with Crippen LogP contribution in [0.2, 0.25) is 0 Å². The van der Waals surface area contributed by atoms with Crippen molar-refractivity contribution in [3.05, 3.63) is 60.7 Å². The smallest absolute Gasteiger partial charge is 0.100 e. The van der Waals surface area contributed by atoms with Crippen LogP contribution in [0.4, 0.5) is 11.4 Å². The van der Waals surface area contributed by atoms with Crippen molar-refractivity contribution in [1.82, 2.24) is 0 Å². The molecule has 0 unspecified atom stereocenters. The zero-order valence-corrected chi connectivity index (χ0v) is 22.6. The monoisotopic (exact) mass is 488 g/mol. The minimum absolute atomic E-state index is 0.794. The van der Waals surface area contributed by atoms with Crippen LogP contribution in [-0.2, 0) is 0 Å². The third-order valence-electron chi connectivity index (χ3n) is 6.07. The minimum Gasteiger partial charge on any atom is -0.242 e. The number of hydrogen-bond acceptors (Lipinski definition) is 4. The van der Waals surface area contributed by atoms with Crippen LogP contribution in [0.5, 0.6) is 0 Å². The van der Waals surface area contributed by atoms with Crippen LogP contribution in [0.25, 0.3) is 0 Å². The van der Waals surface area contributed by atoms with Crippen LogP contribution >= 0.6 is 0 Å². The van der Waals surface area contributed by atoms with Gasteiger partial charge in [0, 0.05) is 6.54 Å². The Balaban J connectivity index is 0.000000377. The molecule has 4 nitrogen and oxygen atoms in total. The van der Waals surface area contributed by atoms with E-state index in [1.165, 1.54) is 96.3 Å². The summed E-state index contributed by atoms with van der Waals surface area (Å²) in [6.07, 6.45) is 22.4. The maximum Gasteiger partial charge on any atom is 0.100 e. The van der Waals surface area contributed by atoms with Gasteiger partial charge in [-0.3, -0.25) is 0 Å². The van der Waals surface area contributed by atoms with E-state index in [1.807, 2.05) is 60.7 Å². The predicted molar refractivity (Wildman–Crippen MR) is 157 cm³/mol. The molecule has 0 fully saturated rings. The third kappa shape index (κ3) is 20.6. The van der Waals surface area contributed by atoms with Crippen LogP contribution in [0, 0.1) is 5.41 Å². The highest BCUT2D eigenvalue weighted by molar-refractivity contribution is 5.57. The molecule has 0 radical (unpaired) electrons. The van der Waals surface area contributed by atoms with Crippen molar-refractivity contribution in [1.29, 1.82) is 5.41 Å². The fourth-order valence-electron chi connectivity index (χ4n) is 3.94. The van der Waals surface area contributed by atoms with Crippen LogP contribution in [0.3, 0.4) is 0 Å². The van der Waals surface area contributed by atoms with Crippen molar-refractivity contribution in [2.24, 2.45) is 15.0 Å². The molecule has 36 heavy (non-hydrogen) atoms. The second kappa shape index (κ2) is 25.3. The molecular weight excluding hydrogens is 440 g/mol. The Kier molecular flexibility index (Phi) is 21.9. The van der Waals surface area contributed by atoms with Gasteiger partial charge in [-0.25, -0.2) is 10.4 Å². The van der Waals surface area contributed by atoms with Gasteiger partial charge in [0.15, 0.2) is 0 Å². The number of unbranched alkanes of at least 4 members (excludes halogenated alkanes) is 15. The number of aliphatic imine (C=N–C) groups is 3. The van der Waals surface area contributed by atoms with E-state index in [4.69, 9.17) is 5.41 Å². The first-order chi connectivity index (χ1) is 17.9. The van der Waals surface area contributed by atoms with E-state index in [0.717, 1.165) is 24.3 Å². The highest BCUT2D eigenvalue weighted by Crippen LogP contribution is 2.14. The lowest BCUT2D eigenvalue weighted by Crippen LogP contribution is -1.84. The quantitative estimate of drug-likeness (QED) is 0.151. The van der Waals surface area contributed by atoms with E-state index in [9.17, 15) is 0 Å². The van der Waals surface area contributed by atoms with Gasteiger partial charge in [0.05, 0.1) is 17.4 Å². The first kappa shape index (κ1) is 31.2. The second-order valence-electron chi connectivity index (χ2n) is 9.29. The molecule has 2 aromatic carbocycles. The van der Waals surface area contributed by atoms with Gasteiger partial charge in [-0.05, 0) is 30.7 Å². The summed E-state index contributed by atoms with van der Waals surface area (Å²) in [4.78, 5) is 12.0. The summed E-state index contributed by atoms with van der Waals surface area (Å²) in [6.45, 7) is 3.08. The van der Waals surface area contributed by atoms with Crippen molar-refractivity contribution < 1.29 is 0 Å². The number of nitrogens with one attached hydrogen (secondary N) is 1. The molecule has 1 N–H and O–H groups in total. The first-order valence-corrected chi connectivity index (χ1v) is 14.2. The Bertz CT molecular complexity index is 791. The van der Waals surface area contributed by atoms with Crippen molar-refractivity contribution in [3.63, 3.8) is 0 Å². The molecule has 0 saturated heterocycles. The van der Waals surface area contributed by atoms with E-state index >= 15 is 0 Å². The van der Waals surface area contributed by atoms with E-state index in [2.05, 4.69) is 33.9 Å². The summed E-state index contributed by atoms with van der Waals surface area (Å²) in [6, 6.07) is 24.0. The number of benzene rings is 2. The number of nitrogens with zero attached hydrogens (tertiary/aromatic N) is 3. The van der Waals surface area contributed by atoms with Gasteiger partial charge in [-0.2, -0.15) is 9.98 Å². The van der Waals surface area contributed by atoms with Crippen molar-refractivity contribution >= 4 is 23.4 Å². The zero-order valence-electron chi connectivity index (χ0n) is 22.6. The highest BCUT2D eigenvalue weighted by Gasteiger charge is 1.94. The Morgan fingerprint density at radius 1 is 0.528 bits per heavy atom. The van der Waals surface area contributed by atoms with Crippen LogP contribution < -0.4 is 0 Å². The van der Waals surface area contributed by atoms with Crippen LogP contribution in [0.15, 0.2) is 75.6 Å². The molecule has 0 aliphatic rings. The lowest BCUT2D eigenvalue weighted by molar-refractivity contribution is 0.530. The highest BCUT2D eigenvalue weighted by atomic mass is 14.8. The molecule has 0 amide bonds. The Hall–Kier alpha value is -2.80. The predicted octanol–water partition coefficient (Wildman–Crippen LogP) is 10.8. The molecule has 0 aliphatic carbocycles. The Morgan fingerprint density at radius 3 is 1.25 bits per heavy atom. The van der Waals surface area contributed by atoms with Crippen molar-refractivity contribution in [3.8, 4) is 0 Å². The largest absolute Gasteiger partial charge is 0.242 e. The van der Waals surface area contributed by atoms with Crippen LogP contribution in [0.1, 0.15) is 110 Å². The molecule has 0 saturated carbocycles. The average Bonchev–Trinajstić information content (AvgIpc) is 2.92. The molecule has 0 heterocycles. The normalized spacial score (nSPS) is 9.92. The summed E-state index contributed by atoms with van der Waals surface area (Å²) < 4.78 is 0. The summed E-state index contributed by atoms with van der Waals surface area (Å²) in [7, 11) is 0. The number of para-hydroxylation sites is 2. The van der Waals surface area contributed by atoms with Gasteiger partial charge in [-0.15, -0.1) is 0 Å². The molecule has 0 aromatic heterocycles. The molecule has 0 bridgehead atoms. The molecule has 4 heteroatoms. The fourth-order valence-corrected chi connectivity index (χ4v) is 3.94. The number of hydrogen-bond donors (Lipinski definition) is 1. The maximum atomic E-state index is 6.68. The summed E-state index contributed by atoms with van der Waals surface area (Å²) in [5.41, 5.74) is 1.72. The van der Waals surface area contributed by atoms with E-state index < -0.39 is 0 Å². The van der Waals surface area contributed by atoms with Gasteiger partial charge in [0.2, 0.25) is 0 Å². The first-order valence-electron chi connectivity index (χ1n) is 14.2. The maximum absolute atomic E-state index is 6.68. The topological polar surface area (TPSA) is 60.9 Å². The molecule has 2 rings (SSSR count). The average molecular weight is 489 g/mol. The summed E-state index contributed by atoms with van der Waals surface area (Å²) >= 11 is 0. The standard InChI is InChI=1S/C19H38N2.C13H10N2/c1-2-3-4-5-6-7-8-9-10-11-12-13-14-15-16-17-18-21-19-20;1-3-7-12(8-4-1)14-11-15-13-9-5-2-6-10-13/h20H,2-18H2,1H3;1-10H. The van der Waals surface area contributed by atoms with Gasteiger partial charge in [-0.1, -0.05) is 140 Å². The lowest BCUT2D eigenvalue weighted by Gasteiger charge is -2.03. The van der Waals surface area contributed by atoms with Gasteiger partial charge >= 0.3 is 0 Å². The SMILES string of the molecule is C(=Nc1ccccc1)=Nc1ccccc1.CCCCCCCCCCCCCCCCCCN=C=N. The Labute approximate surface area is 220 Å². The fraction of sp³-hybridized carbons (Fsp3) is 0.562. The third-order valence-corrected chi connectivity index (χ3v) is 6.07. The summed E-state index contributed by atoms with van der Waals surface area (Å²) in [5, 5.41) is 6.68. The van der Waals surface area contributed by atoms with Gasteiger partial charge < -0.3 is 0 Å². The molecule has 2 aromatic rings. The van der Waals surface area contributed by atoms with E-state index in [0.29, 0.717) is 0 Å². The van der Waals surface area contributed by atoms with Crippen LogP contribution in [-0.4, -0.2) is 18.6 Å². The molecule has 0 aliphatic heterocycles. The molecule has 0 atom stereocenters. The number of rotatable bonds is 19. The minimum atomic E-state index is 0.794. The molecular formula is C32H48N4.